The van der Waals surface area contributed by atoms with Crippen LogP contribution in [-0.4, -0.2) is 4.98 Å². The van der Waals surface area contributed by atoms with Crippen molar-refractivity contribution >= 4 is 10.9 Å². The number of aryl methyl sites for hydroxylation is 1. The molecule has 2 nitrogen and oxygen atoms in total. The third-order valence-corrected chi connectivity index (χ3v) is 3.03. The molecule has 0 N–H and O–H groups in total. The number of hydrogen-bond donors (Lipinski definition) is 0. The number of aromatic nitrogens is 1. The molecule has 0 unspecified atom stereocenters. The van der Waals surface area contributed by atoms with Gasteiger partial charge in [0.05, 0.1) is 11.2 Å². The highest BCUT2D eigenvalue weighted by Gasteiger charge is 1.99. The predicted octanol–water partition coefficient (Wildman–Crippen LogP) is 4.12. The third-order valence-electron chi connectivity index (χ3n) is 3.03. The summed E-state index contributed by atoms with van der Waals surface area (Å²) >= 11 is 0. The van der Waals surface area contributed by atoms with Gasteiger partial charge in [0, 0.05) is 5.39 Å². The summed E-state index contributed by atoms with van der Waals surface area (Å²) in [6.07, 6.45) is 0. The topological polar surface area (TPSA) is 22.1 Å². The van der Waals surface area contributed by atoms with E-state index in [0.29, 0.717) is 6.61 Å². The van der Waals surface area contributed by atoms with Crippen LogP contribution in [0.15, 0.2) is 60.7 Å². The molecule has 0 spiro atoms. The van der Waals surface area contributed by atoms with E-state index in [4.69, 9.17) is 4.74 Å². The molecular formula is C17H15NO. The minimum absolute atomic E-state index is 0.494. The molecule has 0 saturated carbocycles. The molecule has 0 fully saturated rings. The van der Waals surface area contributed by atoms with Gasteiger partial charge >= 0.3 is 0 Å². The normalized spacial score (nSPS) is 10.6. The van der Waals surface area contributed by atoms with Crippen molar-refractivity contribution in [3.05, 3.63) is 71.9 Å². The summed E-state index contributed by atoms with van der Waals surface area (Å²) in [5.41, 5.74) is 3.15. The van der Waals surface area contributed by atoms with Gasteiger partial charge in [-0.15, -0.1) is 0 Å². The number of pyridine rings is 1. The van der Waals surface area contributed by atoms with Crippen LogP contribution >= 0.6 is 0 Å². The van der Waals surface area contributed by atoms with Gasteiger partial charge in [0.15, 0.2) is 0 Å². The number of para-hydroxylation sites is 1. The number of fused-ring (bicyclic) bond motifs is 1. The van der Waals surface area contributed by atoms with Crippen LogP contribution in [-0.2, 0) is 6.61 Å². The van der Waals surface area contributed by atoms with Gasteiger partial charge in [0.1, 0.15) is 12.4 Å². The average Bonchev–Trinajstić information content (AvgIpc) is 2.45. The molecule has 19 heavy (non-hydrogen) atoms. The van der Waals surface area contributed by atoms with Crippen LogP contribution in [0, 0.1) is 6.92 Å². The Bertz CT molecular complexity index is 706. The fraction of sp³-hybridized carbons (Fsp3) is 0.118. The molecule has 0 saturated heterocycles. The zero-order chi connectivity index (χ0) is 13.1. The Labute approximate surface area is 112 Å². The number of nitrogens with zero attached hydrogens (tertiary/aromatic N) is 1. The highest BCUT2D eigenvalue weighted by Crippen LogP contribution is 2.16. The van der Waals surface area contributed by atoms with E-state index >= 15 is 0 Å². The molecule has 1 heterocycles. The Morgan fingerprint density at radius 3 is 2.74 bits per heavy atom. The highest BCUT2D eigenvalue weighted by atomic mass is 16.5. The molecule has 3 aromatic rings. The van der Waals surface area contributed by atoms with Crippen molar-refractivity contribution in [3.8, 4) is 5.75 Å². The third kappa shape index (κ3) is 2.74. The maximum atomic E-state index is 5.76. The number of ether oxygens (including phenoxy) is 1. The second kappa shape index (κ2) is 5.11. The van der Waals surface area contributed by atoms with E-state index < -0.39 is 0 Å². The van der Waals surface area contributed by atoms with Crippen LogP contribution < -0.4 is 4.74 Å². The highest BCUT2D eigenvalue weighted by molar-refractivity contribution is 5.78. The van der Waals surface area contributed by atoms with Gasteiger partial charge in [0.25, 0.3) is 0 Å². The Kier molecular flexibility index (Phi) is 3.15. The summed E-state index contributed by atoms with van der Waals surface area (Å²) in [4.78, 5) is 4.59. The van der Waals surface area contributed by atoms with E-state index in [1.54, 1.807) is 0 Å². The van der Waals surface area contributed by atoms with Crippen LogP contribution in [0.2, 0.25) is 0 Å². The molecule has 0 aliphatic carbocycles. The van der Waals surface area contributed by atoms with E-state index in [9.17, 15) is 0 Å². The Hall–Kier alpha value is -2.35. The van der Waals surface area contributed by atoms with Crippen molar-refractivity contribution in [2.45, 2.75) is 13.5 Å². The molecular weight excluding hydrogens is 234 g/mol. The average molecular weight is 249 g/mol. The number of rotatable bonds is 3. The summed E-state index contributed by atoms with van der Waals surface area (Å²) in [6.45, 7) is 2.55. The summed E-state index contributed by atoms with van der Waals surface area (Å²) in [5, 5.41) is 1.15. The summed E-state index contributed by atoms with van der Waals surface area (Å²) in [7, 11) is 0. The lowest BCUT2D eigenvalue weighted by Crippen LogP contribution is -1.98. The van der Waals surface area contributed by atoms with Gasteiger partial charge in [-0.1, -0.05) is 36.4 Å². The monoisotopic (exact) mass is 249 g/mol. The van der Waals surface area contributed by atoms with Gasteiger partial charge in [-0.2, -0.15) is 0 Å². The largest absolute Gasteiger partial charge is 0.487 e. The van der Waals surface area contributed by atoms with Gasteiger partial charge in [0.2, 0.25) is 0 Å². The molecule has 0 aliphatic heterocycles. The number of benzene rings is 2. The lowest BCUT2D eigenvalue weighted by molar-refractivity contribution is 0.301. The van der Waals surface area contributed by atoms with Gasteiger partial charge in [-0.25, -0.2) is 4.98 Å². The zero-order valence-corrected chi connectivity index (χ0v) is 10.8. The first-order valence-corrected chi connectivity index (χ1v) is 6.35. The Balaban J connectivity index is 1.78. The lowest BCUT2D eigenvalue weighted by Gasteiger charge is -2.07. The van der Waals surface area contributed by atoms with Crippen molar-refractivity contribution < 1.29 is 4.74 Å². The first-order valence-electron chi connectivity index (χ1n) is 6.35. The molecule has 0 radical (unpaired) electrons. The van der Waals surface area contributed by atoms with Gasteiger partial charge < -0.3 is 4.74 Å². The maximum Gasteiger partial charge on any atom is 0.130 e. The molecule has 3 rings (SSSR count). The minimum Gasteiger partial charge on any atom is -0.487 e. The second-order valence-corrected chi connectivity index (χ2v) is 4.60. The lowest BCUT2D eigenvalue weighted by atomic mass is 10.2. The van der Waals surface area contributed by atoms with E-state index in [1.807, 2.05) is 42.5 Å². The molecule has 0 atom stereocenters. The van der Waals surface area contributed by atoms with Gasteiger partial charge in [-0.05, 0) is 36.8 Å². The van der Waals surface area contributed by atoms with E-state index in [-0.39, 0.29) is 0 Å². The van der Waals surface area contributed by atoms with Crippen LogP contribution in [0.3, 0.4) is 0 Å². The molecule has 0 aliphatic rings. The van der Waals surface area contributed by atoms with Crippen molar-refractivity contribution in [2.75, 3.05) is 0 Å². The molecule has 0 amide bonds. The molecule has 2 aromatic carbocycles. The van der Waals surface area contributed by atoms with E-state index in [0.717, 1.165) is 22.3 Å². The van der Waals surface area contributed by atoms with E-state index in [1.165, 1.54) is 5.56 Å². The Morgan fingerprint density at radius 1 is 0.947 bits per heavy atom. The summed E-state index contributed by atoms with van der Waals surface area (Å²) in [6, 6.07) is 20.2. The summed E-state index contributed by atoms with van der Waals surface area (Å²) < 4.78 is 5.76. The standard InChI is InChI=1S/C17H15NO/c1-13-5-4-7-16(11-13)19-12-15-10-9-14-6-2-3-8-17(14)18-15/h2-11H,12H2,1H3. The fourth-order valence-corrected chi connectivity index (χ4v) is 2.05. The van der Waals surface area contributed by atoms with Crippen LogP contribution in [0.4, 0.5) is 0 Å². The number of hydrogen-bond acceptors (Lipinski definition) is 2. The smallest absolute Gasteiger partial charge is 0.130 e. The van der Waals surface area contributed by atoms with Crippen LogP contribution in [0.5, 0.6) is 5.75 Å². The predicted molar refractivity (Wildman–Crippen MR) is 77.3 cm³/mol. The summed E-state index contributed by atoms with van der Waals surface area (Å²) in [5.74, 6) is 0.884. The van der Waals surface area contributed by atoms with Crippen molar-refractivity contribution in [1.82, 2.24) is 4.98 Å². The minimum atomic E-state index is 0.494. The Morgan fingerprint density at radius 2 is 1.84 bits per heavy atom. The fourth-order valence-electron chi connectivity index (χ4n) is 2.05. The van der Waals surface area contributed by atoms with Crippen LogP contribution in [0.25, 0.3) is 10.9 Å². The zero-order valence-electron chi connectivity index (χ0n) is 10.8. The van der Waals surface area contributed by atoms with Crippen molar-refractivity contribution in [1.29, 1.82) is 0 Å². The van der Waals surface area contributed by atoms with Crippen LogP contribution in [0.1, 0.15) is 11.3 Å². The van der Waals surface area contributed by atoms with Crippen molar-refractivity contribution in [2.24, 2.45) is 0 Å². The quantitative estimate of drug-likeness (QED) is 0.696. The maximum absolute atomic E-state index is 5.76. The molecule has 0 bridgehead atoms. The SMILES string of the molecule is Cc1cccc(OCc2ccc3ccccc3n2)c1. The van der Waals surface area contributed by atoms with Crippen molar-refractivity contribution in [3.63, 3.8) is 0 Å². The molecule has 94 valence electrons. The molecule has 2 heteroatoms. The first kappa shape index (κ1) is 11.7. The molecule has 1 aromatic heterocycles. The van der Waals surface area contributed by atoms with Gasteiger partial charge in [-0.3, -0.25) is 0 Å². The van der Waals surface area contributed by atoms with E-state index in [2.05, 4.69) is 30.1 Å². The first-order chi connectivity index (χ1) is 9.31. The second-order valence-electron chi connectivity index (χ2n) is 4.60.